The summed E-state index contributed by atoms with van der Waals surface area (Å²) in [5.74, 6) is 1.45. The molecule has 2 aromatic heterocycles. The van der Waals surface area contributed by atoms with E-state index >= 15 is 0 Å². The first kappa shape index (κ1) is 16.0. The number of aryl methyl sites for hydroxylation is 1. The van der Waals surface area contributed by atoms with Gasteiger partial charge in [-0.2, -0.15) is 0 Å². The maximum absolute atomic E-state index is 5.40. The van der Waals surface area contributed by atoms with Gasteiger partial charge in [-0.25, -0.2) is 9.97 Å². The molecule has 3 heterocycles. The highest BCUT2D eigenvalue weighted by Crippen LogP contribution is 2.25. The van der Waals surface area contributed by atoms with E-state index in [4.69, 9.17) is 4.74 Å². The molecule has 0 saturated heterocycles. The van der Waals surface area contributed by atoms with Crippen LogP contribution >= 0.6 is 0 Å². The number of rotatable bonds is 6. The maximum atomic E-state index is 5.40. The molecular weight excluding hydrogens is 288 g/mol. The first-order chi connectivity index (χ1) is 11.2. The second-order valence-corrected chi connectivity index (χ2v) is 6.64. The molecule has 0 amide bonds. The molecule has 5 nitrogen and oxygen atoms in total. The van der Waals surface area contributed by atoms with Crippen molar-refractivity contribution in [1.82, 2.24) is 19.4 Å². The summed E-state index contributed by atoms with van der Waals surface area (Å²) in [5.41, 5.74) is 3.65. The van der Waals surface area contributed by atoms with Gasteiger partial charge >= 0.3 is 0 Å². The molecule has 0 aromatic carbocycles. The minimum atomic E-state index is 0.717. The lowest BCUT2D eigenvalue weighted by Gasteiger charge is -2.29. The second kappa shape index (κ2) is 7.13. The summed E-state index contributed by atoms with van der Waals surface area (Å²) < 4.78 is 7.78. The molecule has 1 aliphatic rings. The zero-order chi connectivity index (χ0) is 16.2. The molecule has 0 bridgehead atoms. The quantitative estimate of drug-likeness (QED) is 0.822. The van der Waals surface area contributed by atoms with Gasteiger partial charge in [0.25, 0.3) is 0 Å². The Morgan fingerprint density at radius 2 is 2.17 bits per heavy atom. The molecule has 0 unspecified atom stereocenters. The number of methoxy groups -OCH3 is 1. The monoisotopic (exact) mass is 314 g/mol. The number of ether oxygens (including phenoxy) is 1. The molecule has 0 aliphatic carbocycles. The number of fused-ring (bicyclic) bond motifs is 1. The molecule has 0 saturated carbocycles. The van der Waals surface area contributed by atoms with Gasteiger partial charge in [0.05, 0.1) is 12.8 Å². The van der Waals surface area contributed by atoms with Crippen LogP contribution in [0, 0.1) is 5.92 Å². The van der Waals surface area contributed by atoms with E-state index in [9.17, 15) is 0 Å². The zero-order valence-corrected chi connectivity index (χ0v) is 14.3. The van der Waals surface area contributed by atoms with Crippen LogP contribution in [0.3, 0.4) is 0 Å². The molecule has 0 atom stereocenters. The van der Waals surface area contributed by atoms with Crippen LogP contribution in [0.1, 0.15) is 37.2 Å². The molecule has 0 radical (unpaired) electrons. The zero-order valence-electron chi connectivity index (χ0n) is 14.3. The predicted molar refractivity (Wildman–Crippen MR) is 90.3 cm³/mol. The SMILES string of the molecule is COc1ncnc2c1CN(Cc1cccn1CCC(C)C)CC2. The van der Waals surface area contributed by atoms with Crippen molar-refractivity contribution in [3.05, 3.63) is 41.6 Å². The van der Waals surface area contributed by atoms with Gasteiger partial charge in [0.15, 0.2) is 0 Å². The van der Waals surface area contributed by atoms with Gasteiger partial charge in [-0.05, 0) is 24.5 Å². The summed E-state index contributed by atoms with van der Waals surface area (Å²) in [6.45, 7) is 8.49. The Kier molecular flexibility index (Phi) is 4.96. The fraction of sp³-hybridized carbons (Fsp3) is 0.556. The third kappa shape index (κ3) is 3.72. The van der Waals surface area contributed by atoms with Crippen molar-refractivity contribution in [2.45, 2.75) is 46.3 Å². The van der Waals surface area contributed by atoms with E-state index in [2.05, 4.69) is 51.6 Å². The minimum absolute atomic E-state index is 0.717. The Bertz CT molecular complexity index is 636. The van der Waals surface area contributed by atoms with Crippen LogP contribution in [0.2, 0.25) is 0 Å². The van der Waals surface area contributed by atoms with Crippen LogP contribution in [0.25, 0.3) is 0 Å². The van der Waals surface area contributed by atoms with E-state index in [0.29, 0.717) is 0 Å². The van der Waals surface area contributed by atoms with Crippen molar-refractivity contribution in [2.75, 3.05) is 13.7 Å². The van der Waals surface area contributed by atoms with Crippen molar-refractivity contribution in [3.63, 3.8) is 0 Å². The molecule has 0 N–H and O–H groups in total. The number of hydrogen-bond acceptors (Lipinski definition) is 4. The summed E-state index contributed by atoms with van der Waals surface area (Å²) in [6, 6.07) is 4.38. The first-order valence-corrected chi connectivity index (χ1v) is 8.40. The van der Waals surface area contributed by atoms with Crippen LogP contribution in [0.4, 0.5) is 0 Å². The Morgan fingerprint density at radius 1 is 1.30 bits per heavy atom. The smallest absolute Gasteiger partial charge is 0.220 e. The van der Waals surface area contributed by atoms with E-state index in [1.54, 1.807) is 13.4 Å². The summed E-state index contributed by atoms with van der Waals surface area (Å²) in [5, 5.41) is 0. The number of nitrogens with zero attached hydrogens (tertiary/aromatic N) is 4. The second-order valence-electron chi connectivity index (χ2n) is 6.64. The lowest BCUT2D eigenvalue weighted by Crippen LogP contribution is -2.32. The van der Waals surface area contributed by atoms with Gasteiger partial charge in [-0.3, -0.25) is 4.90 Å². The summed E-state index contributed by atoms with van der Waals surface area (Å²) in [4.78, 5) is 11.1. The number of aromatic nitrogens is 3. The van der Waals surface area contributed by atoms with Crippen LogP contribution in [0.5, 0.6) is 5.88 Å². The van der Waals surface area contributed by atoms with E-state index in [1.807, 2.05) is 0 Å². The highest BCUT2D eigenvalue weighted by Gasteiger charge is 2.22. The standard InChI is InChI=1S/C18H26N4O/c1-14(2)6-10-22-8-4-5-15(22)11-21-9-7-17-16(12-21)18(23-3)20-13-19-17/h4-5,8,13-14H,6-7,9-12H2,1-3H3. The molecule has 0 fully saturated rings. The Hall–Kier alpha value is -1.88. The van der Waals surface area contributed by atoms with Crippen LogP contribution < -0.4 is 4.74 Å². The Morgan fingerprint density at radius 3 is 2.96 bits per heavy atom. The lowest BCUT2D eigenvalue weighted by molar-refractivity contribution is 0.230. The normalized spacial score (nSPS) is 15.0. The predicted octanol–water partition coefficient (Wildman–Crippen LogP) is 2.89. The van der Waals surface area contributed by atoms with Crippen molar-refractivity contribution in [2.24, 2.45) is 5.92 Å². The van der Waals surface area contributed by atoms with Gasteiger partial charge in [0.2, 0.25) is 5.88 Å². The molecule has 3 rings (SSSR count). The van der Waals surface area contributed by atoms with Crippen LogP contribution in [-0.2, 0) is 26.1 Å². The highest BCUT2D eigenvalue weighted by molar-refractivity contribution is 5.31. The third-order valence-corrected chi connectivity index (χ3v) is 4.49. The average molecular weight is 314 g/mol. The van der Waals surface area contributed by atoms with Crippen LogP contribution in [0.15, 0.2) is 24.7 Å². The molecule has 2 aromatic rings. The molecule has 124 valence electrons. The maximum Gasteiger partial charge on any atom is 0.220 e. The summed E-state index contributed by atoms with van der Waals surface area (Å²) in [6.07, 6.45) is 5.97. The van der Waals surface area contributed by atoms with Gasteiger partial charge in [-0.15, -0.1) is 0 Å². The van der Waals surface area contributed by atoms with Gasteiger partial charge in [-0.1, -0.05) is 13.8 Å². The van der Waals surface area contributed by atoms with Crippen molar-refractivity contribution in [1.29, 1.82) is 0 Å². The summed E-state index contributed by atoms with van der Waals surface area (Å²) in [7, 11) is 1.68. The van der Waals surface area contributed by atoms with Crippen LogP contribution in [-0.4, -0.2) is 33.1 Å². The Labute approximate surface area is 138 Å². The van der Waals surface area contributed by atoms with Crippen molar-refractivity contribution >= 4 is 0 Å². The average Bonchev–Trinajstić information content (AvgIpc) is 2.99. The van der Waals surface area contributed by atoms with E-state index in [-0.39, 0.29) is 0 Å². The van der Waals surface area contributed by atoms with E-state index in [1.165, 1.54) is 12.1 Å². The van der Waals surface area contributed by atoms with Crippen molar-refractivity contribution in [3.8, 4) is 5.88 Å². The van der Waals surface area contributed by atoms with Gasteiger partial charge < -0.3 is 9.30 Å². The highest BCUT2D eigenvalue weighted by atomic mass is 16.5. The molecule has 5 heteroatoms. The molecular formula is C18H26N4O. The lowest BCUT2D eigenvalue weighted by atomic mass is 10.1. The molecule has 23 heavy (non-hydrogen) atoms. The third-order valence-electron chi connectivity index (χ3n) is 4.49. The summed E-state index contributed by atoms with van der Waals surface area (Å²) >= 11 is 0. The fourth-order valence-electron chi connectivity index (χ4n) is 3.12. The number of hydrogen-bond donors (Lipinski definition) is 0. The first-order valence-electron chi connectivity index (χ1n) is 8.40. The topological polar surface area (TPSA) is 43.2 Å². The largest absolute Gasteiger partial charge is 0.481 e. The minimum Gasteiger partial charge on any atom is -0.481 e. The van der Waals surface area contributed by atoms with E-state index < -0.39 is 0 Å². The van der Waals surface area contributed by atoms with E-state index in [0.717, 1.165) is 55.7 Å². The molecule has 1 aliphatic heterocycles. The fourth-order valence-corrected chi connectivity index (χ4v) is 3.12. The van der Waals surface area contributed by atoms with Gasteiger partial charge in [0, 0.05) is 50.1 Å². The van der Waals surface area contributed by atoms with Crippen molar-refractivity contribution < 1.29 is 4.74 Å². The van der Waals surface area contributed by atoms with Gasteiger partial charge in [0.1, 0.15) is 6.33 Å². The Balaban J connectivity index is 1.69. The molecule has 0 spiro atoms.